The van der Waals surface area contributed by atoms with Crippen LogP contribution in [0.25, 0.3) is 11.0 Å². The Morgan fingerprint density at radius 2 is 1.40 bits per heavy atom. The molecule has 2 aromatic carbocycles. The Hall–Kier alpha value is -2.29. The molecule has 0 aliphatic heterocycles. The van der Waals surface area contributed by atoms with Gasteiger partial charge in [-0.1, -0.05) is 95.5 Å². The Morgan fingerprint density at radius 1 is 0.767 bits per heavy atom. The van der Waals surface area contributed by atoms with Crippen LogP contribution in [0, 0.1) is 0 Å². The fourth-order valence-electron chi connectivity index (χ4n) is 4.14. The molecule has 1 atom stereocenters. The van der Waals surface area contributed by atoms with Crippen molar-refractivity contribution in [1.82, 2.24) is 9.55 Å². The van der Waals surface area contributed by atoms with E-state index in [0.29, 0.717) is 0 Å². The van der Waals surface area contributed by atoms with Gasteiger partial charge in [-0.3, -0.25) is 0 Å². The standard InChI is InChI=1S/C27H38N2O/c1-3-5-6-7-8-9-10-11-17-22-29-25-21-16-15-20-24(25)28-27(29)26(4-2)30-23-18-13-12-14-19-23/h12-16,18-21,26H,3-11,17,22H2,1-2H3. The second-order valence-electron chi connectivity index (χ2n) is 8.27. The van der Waals surface area contributed by atoms with Crippen molar-refractivity contribution < 1.29 is 4.74 Å². The van der Waals surface area contributed by atoms with E-state index in [2.05, 4.69) is 42.7 Å². The highest BCUT2D eigenvalue weighted by Gasteiger charge is 2.20. The summed E-state index contributed by atoms with van der Waals surface area (Å²) in [6, 6.07) is 18.6. The molecule has 0 N–H and O–H groups in total. The molecule has 3 heteroatoms. The van der Waals surface area contributed by atoms with Crippen LogP contribution in [0.1, 0.15) is 90.0 Å². The van der Waals surface area contributed by atoms with Gasteiger partial charge >= 0.3 is 0 Å². The summed E-state index contributed by atoms with van der Waals surface area (Å²) in [5, 5.41) is 0. The van der Waals surface area contributed by atoms with Gasteiger partial charge in [0, 0.05) is 6.54 Å². The molecule has 3 nitrogen and oxygen atoms in total. The summed E-state index contributed by atoms with van der Waals surface area (Å²) < 4.78 is 8.72. The third-order valence-corrected chi connectivity index (χ3v) is 5.85. The number of benzene rings is 2. The molecule has 0 amide bonds. The van der Waals surface area contributed by atoms with Crippen molar-refractivity contribution in [3.05, 3.63) is 60.4 Å². The summed E-state index contributed by atoms with van der Waals surface area (Å²) in [7, 11) is 0. The summed E-state index contributed by atoms with van der Waals surface area (Å²) >= 11 is 0. The van der Waals surface area contributed by atoms with Gasteiger partial charge in [0.2, 0.25) is 0 Å². The van der Waals surface area contributed by atoms with Crippen LogP contribution in [-0.2, 0) is 6.54 Å². The Bertz CT molecular complexity index is 856. The molecule has 1 aromatic heterocycles. The van der Waals surface area contributed by atoms with Crippen molar-refractivity contribution >= 4 is 11.0 Å². The van der Waals surface area contributed by atoms with E-state index in [4.69, 9.17) is 9.72 Å². The van der Waals surface area contributed by atoms with E-state index in [0.717, 1.165) is 30.1 Å². The van der Waals surface area contributed by atoms with Gasteiger partial charge in [0.05, 0.1) is 11.0 Å². The van der Waals surface area contributed by atoms with Crippen LogP contribution in [0.5, 0.6) is 5.75 Å². The molecule has 0 aliphatic carbocycles. The summed E-state index contributed by atoms with van der Waals surface area (Å²) in [6.07, 6.45) is 13.0. The minimum absolute atomic E-state index is 0.0293. The first-order chi connectivity index (χ1) is 14.8. The normalized spacial score (nSPS) is 12.3. The first-order valence-electron chi connectivity index (χ1n) is 12.0. The number of para-hydroxylation sites is 3. The van der Waals surface area contributed by atoms with Gasteiger partial charge in [0.15, 0.2) is 11.9 Å². The number of unbranched alkanes of at least 4 members (excludes halogenated alkanes) is 8. The van der Waals surface area contributed by atoms with E-state index in [1.165, 1.54) is 63.3 Å². The molecular weight excluding hydrogens is 368 g/mol. The molecule has 0 aliphatic rings. The van der Waals surface area contributed by atoms with Crippen molar-refractivity contribution in [1.29, 1.82) is 0 Å². The zero-order valence-electron chi connectivity index (χ0n) is 18.9. The molecule has 3 rings (SSSR count). The molecule has 0 saturated heterocycles. The van der Waals surface area contributed by atoms with Gasteiger partial charge < -0.3 is 9.30 Å². The highest BCUT2D eigenvalue weighted by atomic mass is 16.5. The molecule has 0 spiro atoms. The number of nitrogens with zero attached hydrogens (tertiary/aromatic N) is 2. The first kappa shape index (κ1) is 22.4. The third kappa shape index (κ3) is 6.35. The fourth-order valence-corrected chi connectivity index (χ4v) is 4.14. The van der Waals surface area contributed by atoms with E-state index in [9.17, 15) is 0 Å². The smallest absolute Gasteiger partial charge is 0.156 e. The van der Waals surface area contributed by atoms with Gasteiger partial charge in [-0.25, -0.2) is 4.98 Å². The monoisotopic (exact) mass is 406 g/mol. The zero-order chi connectivity index (χ0) is 21.0. The van der Waals surface area contributed by atoms with Gasteiger partial charge in [-0.15, -0.1) is 0 Å². The predicted molar refractivity (Wildman–Crippen MR) is 127 cm³/mol. The Labute approximate surface area is 182 Å². The van der Waals surface area contributed by atoms with Crippen LogP contribution in [0.4, 0.5) is 0 Å². The van der Waals surface area contributed by atoms with Gasteiger partial charge in [0.1, 0.15) is 5.75 Å². The lowest BCUT2D eigenvalue weighted by Crippen LogP contribution is -2.14. The number of fused-ring (bicyclic) bond motifs is 1. The lowest BCUT2D eigenvalue weighted by Gasteiger charge is -2.19. The van der Waals surface area contributed by atoms with Crippen LogP contribution >= 0.6 is 0 Å². The molecule has 1 unspecified atom stereocenters. The van der Waals surface area contributed by atoms with E-state index in [1.54, 1.807) is 0 Å². The SMILES string of the molecule is CCCCCCCCCCCn1c(C(CC)Oc2ccccc2)nc2ccccc21. The number of ether oxygens (including phenoxy) is 1. The molecule has 162 valence electrons. The second-order valence-corrected chi connectivity index (χ2v) is 8.27. The maximum absolute atomic E-state index is 6.33. The Morgan fingerprint density at radius 3 is 2.10 bits per heavy atom. The topological polar surface area (TPSA) is 27.1 Å². The molecule has 0 fully saturated rings. The fraction of sp³-hybridized carbons (Fsp3) is 0.519. The number of rotatable bonds is 14. The summed E-state index contributed by atoms with van der Waals surface area (Å²) in [5.74, 6) is 1.97. The van der Waals surface area contributed by atoms with E-state index in [-0.39, 0.29) is 6.10 Å². The zero-order valence-corrected chi connectivity index (χ0v) is 18.9. The number of aromatic nitrogens is 2. The van der Waals surface area contributed by atoms with Crippen LogP contribution < -0.4 is 4.74 Å². The molecule has 0 bridgehead atoms. The van der Waals surface area contributed by atoms with Gasteiger partial charge in [0.25, 0.3) is 0 Å². The average molecular weight is 407 g/mol. The number of imidazole rings is 1. The highest BCUT2D eigenvalue weighted by Crippen LogP contribution is 2.28. The van der Waals surface area contributed by atoms with Crippen molar-refractivity contribution in [3.63, 3.8) is 0 Å². The second kappa shape index (κ2) is 12.4. The number of hydrogen-bond donors (Lipinski definition) is 0. The summed E-state index contributed by atoms with van der Waals surface area (Å²) in [6.45, 7) is 5.47. The molecule has 3 aromatic rings. The Balaban J connectivity index is 1.61. The summed E-state index contributed by atoms with van der Waals surface area (Å²) in [5.41, 5.74) is 2.29. The number of hydrogen-bond acceptors (Lipinski definition) is 2. The van der Waals surface area contributed by atoms with Crippen LogP contribution in [0.2, 0.25) is 0 Å². The molecule has 0 saturated carbocycles. The van der Waals surface area contributed by atoms with Crippen molar-refractivity contribution in [2.75, 3.05) is 0 Å². The van der Waals surface area contributed by atoms with Crippen LogP contribution in [-0.4, -0.2) is 9.55 Å². The quantitative estimate of drug-likeness (QED) is 0.253. The lowest BCUT2D eigenvalue weighted by molar-refractivity contribution is 0.186. The van der Waals surface area contributed by atoms with E-state index < -0.39 is 0 Å². The Kier molecular flexibility index (Phi) is 9.27. The van der Waals surface area contributed by atoms with Crippen LogP contribution in [0.15, 0.2) is 54.6 Å². The third-order valence-electron chi connectivity index (χ3n) is 5.85. The van der Waals surface area contributed by atoms with Gasteiger partial charge in [-0.2, -0.15) is 0 Å². The molecular formula is C27H38N2O. The lowest BCUT2D eigenvalue weighted by atomic mass is 10.1. The maximum atomic E-state index is 6.33. The maximum Gasteiger partial charge on any atom is 0.156 e. The average Bonchev–Trinajstić information content (AvgIpc) is 3.15. The predicted octanol–water partition coefficient (Wildman–Crippen LogP) is 8.10. The highest BCUT2D eigenvalue weighted by molar-refractivity contribution is 5.76. The van der Waals surface area contributed by atoms with Crippen molar-refractivity contribution in [2.24, 2.45) is 0 Å². The molecule has 30 heavy (non-hydrogen) atoms. The van der Waals surface area contributed by atoms with Crippen molar-refractivity contribution in [3.8, 4) is 5.75 Å². The van der Waals surface area contributed by atoms with Crippen LogP contribution in [0.3, 0.4) is 0 Å². The minimum Gasteiger partial charge on any atom is -0.483 e. The van der Waals surface area contributed by atoms with Gasteiger partial charge in [-0.05, 0) is 37.1 Å². The minimum atomic E-state index is -0.0293. The summed E-state index contributed by atoms with van der Waals surface area (Å²) in [4.78, 5) is 4.97. The largest absolute Gasteiger partial charge is 0.483 e. The van der Waals surface area contributed by atoms with Crippen molar-refractivity contribution in [2.45, 2.75) is 90.7 Å². The van der Waals surface area contributed by atoms with E-state index >= 15 is 0 Å². The number of aryl methyl sites for hydroxylation is 1. The van der Waals surface area contributed by atoms with E-state index in [1.807, 2.05) is 30.3 Å². The first-order valence-corrected chi connectivity index (χ1v) is 12.0. The molecule has 0 radical (unpaired) electrons. The molecule has 1 heterocycles.